The number of para-hydroxylation sites is 1. The topological polar surface area (TPSA) is 55.4 Å². The van der Waals surface area contributed by atoms with Crippen molar-refractivity contribution in [3.8, 4) is 0 Å². The second kappa shape index (κ2) is 12.7. The van der Waals surface area contributed by atoms with E-state index in [9.17, 15) is 4.39 Å². The van der Waals surface area contributed by atoms with Gasteiger partial charge in [0, 0.05) is 72.0 Å². The Morgan fingerprint density at radius 1 is 1.00 bits per heavy atom. The zero-order valence-electron chi connectivity index (χ0n) is 18.3. The number of aliphatic imine (C=N–C) groups is 1. The Bertz CT molecular complexity index is 644. The lowest BCUT2D eigenvalue weighted by atomic mass is 10.2. The molecule has 0 saturated carbocycles. The van der Waals surface area contributed by atoms with Crippen molar-refractivity contribution < 1.29 is 9.13 Å². The van der Waals surface area contributed by atoms with Crippen molar-refractivity contribution in [1.29, 1.82) is 0 Å². The van der Waals surface area contributed by atoms with Crippen LogP contribution in [0.4, 0.5) is 10.1 Å². The molecule has 3 rings (SSSR count). The molecule has 0 aromatic heterocycles. The quantitative estimate of drug-likeness (QED) is 0.356. The molecule has 168 valence electrons. The highest BCUT2D eigenvalue weighted by molar-refractivity contribution is 5.79. The highest BCUT2D eigenvalue weighted by atomic mass is 19.1. The van der Waals surface area contributed by atoms with Crippen molar-refractivity contribution in [3.05, 3.63) is 30.1 Å². The maximum atomic E-state index is 14.0. The predicted octanol–water partition coefficient (Wildman–Crippen LogP) is 1.23. The maximum absolute atomic E-state index is 14.0. The van der Waals surface area contributed by atoms with Crippen LogP contribution in [0, 0.1) is 5.82 Å². The average Bonchev–Trinajstić information content (AvgIpc) is 2.78. The van der Waals surface area contributed by atoms with E-state index < -0.39 is 0 Å². The third-order valence-corrected chi connectivity index (χ3v) is 5.64. The number of nitrogens with zero attached hydrogens (tertiary/aromatic N) is 4. The fraction of sp³-hybridized carbons (Fsp3) is 0.682. The van der Waals surface area contributed by atoms with Crippen LogP contribution in [-0.4, -0.2) is 101 Å². The second-order valence-corrected chi connectivity index (χ2v) is 7.78. The van der Waals surface area contributed by atoms with Gasteiger partial charge in [-0.1, -0.05) is 12.1 Å². The number of nitrogens with one attached hydrogen (secondary N) is 2. The summed E-state index contributed by atoms with van der Waals surface area (Å²) in [5, 5.41) is 6.76. The summed E-state index contributed by atoms with van der Waals surface area (Å²) in [5.41, 5.74) is 0.722. The lowest BCUT2D eigenvalue weighted by molar-refractivity contribution is 0.0389. The lowest BCUT2D eigenvalue weighted by Crippen LogP contribution is -2.47. The van der Waals surface area contributed by atoms with Gasteiger partial charge in [0.1, 0.15) is 5.82 Å². The van der Waals surface area contributed by atoms with Crippen molar-refractivity contribution in [1.82, 2.24) is 20.4 Å². The molecule has 0 aliphatic carbocycles. The van der Waals surface area contributed by atoms with Gasteiger partial charge in [-0.2, -0.15) is 0 Å². The van der Waals surface area contributed by atoms with E-state index in [1.807, 2.05) is 12.1 Å². The highest BCUT2D eigenvalue weighted by Gasteiger charge is 2.18. The number of benzene rings is 1. The molecule has 0 unspecified atom stereocenters. The minimum absolute atomic E-state index is 0.127. The maximum Gasteiger partial charge on any atom is 0.191 e. The third-order valence-electron chi connectivity index (χ3n) is 5.64. The van der Waals surface area contributed by atoms with Crippen LogP contribution in [0.1, 0.15) is 13.3 Å². The Balaban J connectivity index is 1.32. The molecule has 30 heavy (non-hydrogen) atoms. The lowest BCUT2D eigenvalue weighted by Gasteiger charge is -2.36. The van der Waals surface area contributed by atoms with Gasteiger partial charge in [0.15, 0.2) is 5.96 Å². The second-order valence-electron chi connectivity index (χ2n) is 7.78. The van der Waals surface area contributed by atoms with Crippen LogP contribution in [0.25, 0.3) is 0 Å². The summed E-state index contributed by atoms with van der Waals surface area (Å²) in [4.78, 5) is 11.7. The Hall–Kier alpha value is -1.90. The summed E-state index contributed by atoms with van der Waals surface area (Å²) < 4.78 is 19.4. The summed E-state index contributed by atoms with van der Waals surface area (Å²) in [6, 6.07) is 7.05. The first-order chi connectivity index (χ1) is 14.8. The van der Waals surface area contributed by atoms with E-state index in [1.54, 1.807) is 6.07 Å². The first kappa shape index (κ1) is 22.8. The Morgan fingerprint density at radius 2 is 1.73 bits per heavy atom. The monoisotopic (exact) mass is 420 g/mol. The predicted molar refractivity (Wildman–Crippen MR) is 121 cm³/mol. The van der Waals surface area contributed by atoms with Crippen molar-refractivity contribution in [3.63, 3.8) is 0 Å². The third kappa shape index (κ3) is 7.41. The van der Waals surface area contributed by atoms with E-state index >= 15 is 0 Å². The molecule has 2 fully saturated rings. The number of piperazine rings is 1. The number of morpholine rings is 1. The van der Waals surface area contributed by atoms with E-state index in [1.165, 1.54) is 6.07 Å². The van der Waals surface area contributed by atoms with Crippen LogP contribution >= 0.6 is 0 Å². The van der Waals surface area contributed by atoms with Gasteiger partial charge in [-0.15, -0.1) is 0 Å². The molecule has 2 heterocycles. The Kier molecular flexibility index (Phi) is 9.66. The van der Waals surface area contributed by atoms with Gasteiger partial charge in [-0.3, -0.25) is 14.8 Å². The number of anilines is 1. The average molecular weight is 421 g/mol. The van der Waals surface area contributed by atoms with Crippen LogP contribution in [0.2, 0.25) is 0 Å². The molecule has 0 atom stereocenters. The summed E-state index contributed by atoms with van der Waals surface area (Å²) in [7, 11) is 0. The van der Waals surface area contributed by atoms with E-state index in [4.69, 9.17) is 9.73 Å². The normalized spacial score (nSPS) is 19.1. The van der Waals surface area contributed by atoms with Gasteiger partial charge in [0.2, 0.25) is 0 Å². The number of hydrogen-bond donors (Lipinski definition) is 2. The molecular formula is C22H37FN6O. The van der Waals surface area contributed by atoms with Crippen LogP contribution in [0.3, 0.4) is 0 Å². The van der Waals surface area contributed by atoms with Crippen LogP contribution in [-0.2, 0) is 4.74 Å². The SMILES string of the molecule is CCNC(=NCCCN1CCN(c2ccccc2F)CC1)NCCN1CCOCC1. The molecule has 2 saturated heterocycles. The van der Waals surface area contributed by atoms with Crippen molar-refractivity contribution in [2.75, 3.05) is 90.1 Å². The minimum atomic E-state index is -0.127. The first-order valence-corrected chi connectivity index (χ1v) is 11.3. The van der Waals surface area contributed by atoms with E-state index in [0.717, 1.165) is 103 Å². The van der Waals surface area contributed by atoms with Gasteiger partial charge < -0.3 is 20.3 Å². The van der Waals surface area contributed by atoms with E-state index in [2.05, 4.69) is 32.3 Å². The van der Waals surface area contributed by atoms with Crippen molar-refractivity contribution in [2.45, 2.75) is 13.3 Å². The number of rotatable bonds is 9. The van der Waals surface area contributed by atoms with Gasteiger partial charge in [0.05, 0.1) is 18.9 Å². The minimum Gasteiger partial charge on any atom is -0.379 e. The number of guanidine groups is 1. The first-order valence-electron chi connectivity index (χ1n) is 11.3. The molecule has 1 aromatic carbocycles. The molecule has 0 bridgehead atoms. The molecule has 0 amide bonds. The zero-order valence-corrected chi connectivity index (χ0v) is 18.3. The highest BCUT2D eigenvalue weighted by Crippen LogP contribution is 2.20. The molecule has 2 aliphatic heterocycles. The molecule has 0 radical (unpaired) electrons. The van der Waals surface area contributed by atoms with Crippen LogP contribution in [0.15, 0.2) is 29.3 Å². The summed E-state index contributed by atoms with van der Waals surface area (Å²) in [5.74, 6) is 0.771. The molecule has 2 aliphatic rings. The van der Waals surface area contributed by atoms with Crippen LogP contribution < -0.4 is 15.5 Å². The molecule has 1 aromatic rings. The Morgan fingerprint density at radius 3 is 2.47 bits per heavy atom. The molecule has 8 heteroatoms. The van der Waals surface area contributed by atoms with Crippen molar-refractivity contribution in [2.24, 2.45) is 4.99 Å². The van der Waals surface area contributed by atoms with Gasteiger partial charge in [0.25, 0.3) is 0 Å². The fourth-order valence-electron chi connectivity index (χ4n) is 3.90. The van der Waals surface area contributed by atoms with Gasteiger partial charge in [-0.25, -0.2) is 4.39 Å². The Labute approximate surface area is 180 Å². The van der Waals surface area contributed by atoms with Gasteiger partial charge in [-0.05, 0) is 25.5 Å². The molecule has 2 N–H and O–H groups in total. The zero-order chi connectivity index (χ0) is 21.0. The largest absolute Gasteiger partial charge is 0.379 e. The van der Waals surface area contributed by atoms with E-state index in [0.29, 0.717) is 0 Å². The van der Waals surface area contributed by atoms with Crippen LogP contribution in [0.5, 0.6) is 0 Å². The number of ether oxygens (including phenoxy) is 1. The van der Waals surface area contributed by atoms with E-state index in [-0.39, 0.29) is 5.82 Å². The molecule has 0 spiro atoms. The standard InChI is InChI=1S/C22H37FN6O/c1-2-24-22(26-9-11-28-16-18-30-19-17-28)25-8-5-10-27-12-14-29(15-13-27)21-7-4-3-6-20(21)23/h3-4,6-7H,2,5,8-19H2,1H3,(H2,24,25,26). The van der Waals surface area contributed by atoms with Crippen molar-refractivity contribution >= 4 is 11.6 Å². The fourth-order valence-corrected chi connectivity index (χ4v) is 3.90. The molecule has 7 nitrogen and oxygen atoms in total. The number of halogens is 1. The number of hydrogen-bond acceptors (Lipinski definition) is 5. The summed E-state index contributed by atoms with van der Waals surface area (Å²) >= 11 is 0. The molecular weight excluding hydrogens is 383 g/mol. The van der Waals surface area contributed by atoms with Gasteiger partial charge >= 0.3 is 0 Å². The smallest absolute Gasteiger partial charge is 0.191 e. The summed E-state index contributed by atoms with van der Waals surface area (Å²) in [6.45, 7) is 14.1. The summed E-state index contributed by atoms with van der Waals surface area (Å²) in [6.07, 6.45) is 1.03.